The molecule has 6 nitrogen and oxygen atoms in total. The van der Waals surface area contributed by atoms with E-state index in [0.717, 1.165) is 32.5 Å². The number of carbonyl (C=O) groups is 2. The van der Waals surface area contributed by atoms with Crippen molar-refractivity contribution in [3.8, 4) is 0 Å². The molecule has 0 radical (unpaired) electrons. The van der Waals surface area contributed by atoms with E-state index in [9.17, 15) is 9.59 Å². The first-order chi connectivity index (χ1) is 10.6. The van der Waals surface area contributed by atoms with Gasteiger partial charge in [-0.25, -0.2) is 0 Å². The molecular formula is C15H21ClN4O2. The maximum Gasteiger partial charge on any atom is 0.270 e. The zero-order valence-electron chi connectivity index (χ0n) is 12.7. The number of halogens is 1. The van der Waals surface area contributed by atoms with Gasteiger partial charge in [-0.05, 0) is 18.9 Å². The van der Waals surface area contributed by atoms with Crippen LogP contribution in [0.3, 0.4) is 0 Å². The number of aromatic nitrogens is 1. The Kier molecular flexibility index (Phi) is 4.40. The summed E-state index contributed by atoms with van der Waals surface area (Å²) in [6.45, 7) is 3.29. The summed E-state index contributed by atoms with van der Waals surface area (Å²) in [6, 6.07) is 1.83. The van der Waals surface area contributed by atoms with Gasteiger partial charge in [0.1, 0.15) is 5.69 Å². The average molecular weight is 325 g/mol. The maximum atomic E-state index is 12.7. The van der Waals surface area contributed by atoms with Crippen molar-refractivity contribution in [2.75, 3.05) is 32.7 Å². The first-order valence-electron chi connectivity index (χ1n) is 7.67. The normalized spacial score (nSPS) is 23.0. The molecule has 0 aliphatic carbocycles. The number of piperazine rings is 1. The second kappa shape index (κ2) is 6.30. The van der Waals surface area contributed by atoms with E-state index in [-0.39, 0.29) is 17.9 Å². The van der Waals surface area contributed by atoms with Gasteiger partial charge in [0, 0.05) is 45.5 Å². The largest absolute Gasteiger partial charge is 0.345 e. The third-order valence-corrected chi connectivity index (χ3v) is 4.65. The third-order valence-electron chi connectivity index (χ3n) is 4.44. The van der Waals surface area contributed by atoms with Crippen molar-refractivity contribution in [3.63, 3.8) is 0 Å². The minimum atomic E-state index is -0.0123. The van der Waals surface area contributed by atoms with Gasteiger partial charge in [-0.1, -0.05) is 11.6 Å². The van der Waals surface area contributed by atoms with Crippen molar-refractivity contribution in [2.45, 2.75) is 18.9 Å². The summed E-state index contributed by atoms with van der Waals surface area (Å²) in [5, 5.41) is 3.65. The molecule has 3 rings (SSSR count). The van der Waals surface area contributed by atoms with Crippen LogP contribution < -0.4 is 5.32 Å². The number of rotatable bonds is 2. The van der Waals surface area contributed by atoms with Gasteiger partial charge in [0.2, 0.25) is 5.91 Å². The topological polar surface area (TPSA) is 57.6 Å². The lowest BCUT2D eigenvalue weighted by atomic mass is 10.0. The van der Waals surface area contributed by atoms with E-state index in [1.807, 2.05) is 16.8 Å². The Morgan fingerprint density at radius 1 is 1.41 bits per heavy atom. The average Bonchev–Trinajstić information content (AvgIpc) is 2.86. The van der Waals surface area contributed by atoms with Crippen LogP contribution in [0.5, 0.6) is 0 Å². The molecule has 2 amide bonds. The van der Waals surface area contributed by atoms with E-state index in [2.05, 4.69) is 5.32 Å². The first kappa shape index (κ1) is 15.4. The molecule has 1 N–H and O–H groups in total. The molecule has 0 bridgehead atoms. The van der Waals surface area contributed by atoms with Crippen LogP contribution >= 0.6 is 11.6 Å². The number of hydrogen-bond donors (Lipinski definition) is 1. The molecular weight excluding hydrogens is 304 g/mol. The van der Waals surface area contributed by atoms with Crippen LogP contribution in [0.15, 0.2) is 12.3 Å². The summed E-state index contributed by atoms with van der Waals surface area (Å²) in [5.74, 6) is 0.120. The van der Waals surface area contributed by atoms with Crippen LogP contribution in [0.25, 0.3) is 0 Å². The second-order valence-corrected chi connectivity index (χ2v) is 6.40. The molecule has 3 heterocycles. The number of likely N-dealkylation sites (tertiary alicyclic amines) is 1. The first-order valence-corrected chi connectivity index (χ1v) is 8.05. The quantitative estimate of drug-likeness (QED) is 0.872. The van der Waals surface area contributed by atoms with Crippen LogP contribution in [-0.4, -0.2) is 64.9 Å². The number of nitrogens with one attached hydrogen (secondary N) is 1. The molecule has 1 unspecified atom stereocenters. The van der Waals surface area contributed by atoms with Crippen molar-refractivity contribution >= 4 is 23.4 Å². The summed E-state index contributed by atoms with van der Waals surface area (Å²) in [5.41, 5.74) is 0.595. The lowest BCUT2D eigenvalue weighted by Gasteiger charge is -2.41. The molecule has 7 heteroatoms. The summed E-state index contributed by atoms with van der Waals surface area (Å²) in [4.78, 5) is 28.5. The van der Waals surface area contributed by atoms with Crippen LogP contribution in [0, 0.1) is 0 Å². The number of nitrogens with zero attached hydrogens (tertiary/aromatic N) is 3. The van der Waals surface area contributed by atoms with E-state index >= 15 is 0 Å². The SMILES string of the molecule is Cn1cc(Cl)cc1C(=O)N1CCCC(N2CCNCC2=O)C1. The van der Waals surface area contributed by atoms with E-state index < -0.39 is 0 Å². The zero-order chi connectivity index (χ0) is 15.7. The minimum Gasteiger partial charge on any atom is -0.345 e. The molecule has 0 spiro atoms. The molecule has 2 aliphatic heterocycles. The van der Waals surface area contributed by atoms with E-state index in [4.69, 9.17) is 11.6 Å². The van der Waals surface area contributed by atoms with Gasteiger partial charge in [0.25, 0.3) is 5.91 Å². The summed E-state index contributed by atoms with van der Waals surface area (Å²) in [6.07, 6.45) is 3.62. The predicted molar refractivity (Wildman–Crippen MR) is 83.9 cm³/mol. The second-order valence-electron chi connectivity index (χ2n) is 5.97. The van der Waals surface area contributed by atoms with Gasteiger partial charge >= 0.3 is 0 Å². The number of hydrogen-bond acceptors (Lipinski definition) is 3. The van der Waals surface area contributed by atoms with E-state index in [0.29, 0.717) is 23.8 Å². The Labute approximate surface area is 135 Å². The molecule has 0 saturated carbocycles. The number of amides is 2. The standard InChI is InChI=1S/C15H21ClN4O2/c1-18-9-11(16)7-13(18)15(22)19-5-2-3-12(10-19)20-6-4-17-8-14(20)21/h7,9,12,17H,2-6,8,10H2,1H3. The fourth-order valence-electron chi connectivity index (χ4n) is 3.30. The Morgan fingerprint density at radius 2 is 2.23 bits per heavy atom. The van der Waals surface area contributed by atoms with E-state index in [1.165, 1.54) is 0 Å². The molecule has 2 saturated heterocycles. The third kappa shape index (κ3) is 2.98. The summed E-state index contributed by atoms with van der Waals surface area (Å²) in [7, 11) is 1.82. The van der Waals surface area contributed by atoms with Crippen LogP contribution in [0.4, 0.5) is 0 Å². The van der Waals surface area contributed by atoms with Crippen molar-refractivity contribution in [2.24, 2.45) is 7.05 Å². The van der Waals surface area contributed by atoms with Crippen LogP contribution in [0.1, 0.15) is 23.3 Å². The highest BCUT2D eigenvalue weighted by Gasteiger charge is 2.32. The summed E-state index contributed by atoms with van der Waals surface area (Å²) < 4.78 is 1.75. The highest BCUT2D eigenvalue weighted by Crippen LogP contribution is 2.21. The van der Waals surface area contributed by atoms with Gasteiger partial charge in [0.05, 0.1) is 11.6 Å². The van der Waals surface area contributed by atoms with Crippen molar-refractivity contribution in [3.05, 3.63) is 23.0 Å². The molecule has 1 atom stereocenters. The number of carbonyl (C=O) groups excluding carboxylic acids is 2. The maximum absolute atomic E-state index is 12.7. The highest BCUT2D eigenvalue weighted by molar-refractivity contribution is 6.31. The zero-order valence-corrected chi connectivity index (χ0v) is 13.5. The van der Waals surface area contributed by atoms with Crippen molar-refractivity contribution in [1.29, 1.82) is 0 Å². The predicted octanol–water partition coefficient (Wildman–Crippen LogP) is 0.715. The van der Waals surface area contributed by atoms with Gasteiger partial charge in [-0.3, -0.25) is 9.59 Å². The Hall–Kier alpha value is -1.53. The monoisotopic (exact) mass is 324 g/mol. The molecule has 120 valence electrons. The fraction of sp³-hybridized carbons (Fsp3) is 0.600. The van der Waals surface area contributed by atoms with Crippen LogP contribution in [-0.2, 0) is 11.8 Å². The minimum absolute atomic E-state index is 0.0123. The molecule has 2 fully saturated rings. The molecule has 22 heavy (non-hydrogen) atoms. The lowest BCUT2D eigenvalue weighted by molar-refractivity contribution is -0.135. The fourth-order valence-corrected chi connectivity index (χ4v) is 3.55. The smallest absolute Gasteiger partial charge is 0.270 e. The van der Waals surface area contributed by atoms with Crippen molar-refractivity contribution in [1.82, 2.24) is 19.7 Å². The molecule has 0 aromatic carbocycles. The molecule has 1 aromatic rings. The molecule has 2 aliphatic rings. The van der Waals surface area contributed by atoms with Crippen LogP contribution in [0.2, 0.25) is 5.02 Å². The van der Waals surface area contributed by atoms with Gasteiger partial charge in [-0.15, -0.1) is 0 Å². The van der Waals surface area contributed by atoms with Gasteiger partial charge < -0.3 is 19.7 Å². The van der Waals surface area contributed by atoms with Gasteiger partial charge in [0.15, 0.2) is 0 Å². The van der Waals surface area contributed by atoms with Crippen molar-refractivity contribution < 1.29 is 9.59 Å². The molecule has 1 aromatic heterocycles. The Bertz CT molecular complexity index is 586. The lowest BCUT2D eigenvalue weighted by Crippen LogP contribution is -2.57. The Balaban J connectivity index is 1.71. The van der Waals surface area contributed by atoms with E-state index in [1.54, 1.807) is 16.8 Å². The number of aryl methyl sites for hydroxylation is 1. The Morgan fingerprint density at radius 3 is 2.91 bits per heavy atom. The highest BCUT2D eigenvalue weighted by atomic mass is 35.5. The number of piperidine rings is 1. The van der Waals surface area contributed by atoms with Gasteiger partial charge in [-0.2, -0.15) is 0 Å². The summed E-state index contributed by atoms with van der Waals surface area (Å²) >= 11 is 5.97.